The van der Waals surface area contributed by atoms with E-state index in [2.05, 4.69) is 10.3 Å². The van der Waals surface area contributed by atoms with Crippen LogP contribution in [0.2, 0.25) is 0 Å². The van der Waals surface area contributed by atoms with Crippen molar-refractivity contribution in [3.63, 3.8) is 0 Å². The summed E-state index contributed by atoms with van der Waals surface area (Å²) in [5.74, 6) is 0.959. The average Bonchev–Trinajstić information content (AvgIpc) is 3.20. The van der Waals surface area contributed by atoms with Gasteiger partial charge in [0.25, 0.3) is 5.91 Å². The average molecular weight is 457 g/mol. The molecule has 0 spiro atoms. The summed E-state index contributed by atoms with van der Waals surface area (Å²) in [6.07, 6.45) is 0. The number of rotatable bonds is 8. The molecule has 4 aromatic rings. The maximum absolute atomic E-state index is 13.0. The molecule has 0 atom stereocenters. The van der Waals surface area contributed by atoms with E-state index in [9.17, 15) is 9.59 Å². The van der Waals surface area contributed by atoms with Gasteiger partial charge >= 0.3 is 0 Å². The van der Waals surface area contributed by atoms with Gasteiger partial charge in [0.15, 0.2) is 6.61 Å². The van der Waals surface area contributed by atoms with E-state index in [1.54, 1.807) is 11.9 Å². The molecule has 0 bridgehead atoms. The number of hydrogen-bond donors (Lipinski definition) is 1. The number of amides is 2. The Balaban J connectivity index is 1.46. The second-order valence-corrected chi connectivity index (χ2v) is 8.23. The highest BCUT2D eigenvalue weighted by atomic mass is 16.5. The Morgan fingerprint density at radius 1 is 1.00 bits per heavy atom. The van der Waals surface area contributed by atoms with Crippen LogP contribution in [0.3, 0.4) is 0 Å². The summed E-state index contributed by atoms with van der Waals surface area (Å²) in [6.45, 7) is 4.12. The molecule has 3 aromatic carbocycles. The van der Waals surface area contributed by atoms with Crippen molar-refractivity contribution in [1.82, 2.24) is 14.9 Å². The molecule has 34 heavy (non-hydrogen) atoms. The van der Waals surface area contributed by atoms with Gasteiger partial charge in [-0.2, -0.15) is 0 Å². The number of aromatic nitrogens is 2. The first-order chi connectivity index (χ1) is 16.4. The third kappa shape index (κ3) is 5.26. The Morgan fingerprint density at radius 2 is 1.74 bits per heavy atom. The minimum Gasteiger partial charge on any atom is -0.483 e. The molecule has 2 amide bonds. The lowest BCUT2D eigenvalue weighted by molar-refractivity contribution is -0.123. The number of imidazole rings is 1. The van der Waals surface area contributed by atoms with E-state index in [4.69, 9.17) is 4.74 Å². The number of aryl methyl sites for hydroxylation is 2. The van der Waals surface area contributed by atoms with E-state index in [0.717, 1.165) is 27.8 Å². The van der Waals surface area contributed by atoms with E-state index in [-0.39, 0.29) is 31.5 Å². The molecule has 0 aliphatic heterocycles. The molecule has 0 saturated heterocycles. The lowest BCUT2D eigenvalue weighted by atomic mass is 10.1. The zero-order chi connectivity index (χ0) is 24.1. The summed E-state index contributed by atoms with van der Waals surface area (Å²) in [5.41, 5.74) is 4.47. The van der Waals surface area contributed by atoms with Crippen LogP contribution in [-0.4, -0.2) is 35.0 Å². The van der Waals surface area contributed by atoms with E-state index in [0.29, 0.717) is 11.6 Å². The summed E-state index contributed by atoms with van der Waals surface area (Å²) in [7, 11) is 1.75. The number of likely N-dealkylation sites (N-methyl/N-ethyl adjacent to an activating group) is 1. The molecule has 0 aliphatic rings. The molecule has 4 rings (SSSR count). The zero-order valence-corrected chi connectivity index (χ0v) is 19.6. The Labute approximate surface area is 199 Å². The van der Waals surface area contributed by atoms with Crippen molar-refractivity contribution in [1.29, 1.82) is 0 Å². The molecule has 7 nitrogen and oxygen atoms in total. The van der Waals surface area contributed by atoms with Gasteiger partial charge in [-0.05, 0) is 55.3 Å². The highest BCUT2D eigenvalue weighted by Gasteiger charge is 2.17. The van der Waals surface area contributed by atoms with Gasteiger partial charge in [0.2, 0.25) is 5.91 Å². The van der Waals surface area contributed by atoms with Crippen LogP contribution in [0.25, 0.3) is 11.0 Å². The third-order valence-electron chi connectivity index (χ3n) is 5.69. The predicted octanol–water partition coefficient (Wildman–Crippen LogP) is 4.01. The highest BCUT2D eigenvalue weighted by Crippen LogP contribution is 2.20. The van der Waals surface area contributed by atoms with Gasteiger partial charge in [-0.1, -0.05) is 42.5 Å². The number of anilines is 1. The topological polar surface area (TPSA) is 76.5 Å². The Morgan fingerprint density at radius 3 is 2.53 bits per heavy atom. The fourth-order valence-electron chi connectivity index (χ4n) is 3.71. The lowest BCUT2D eigenvalue weighted by Crippen LogP contribution is -2.32. The van der Waals surface area contributed by atoms with E-state index < -0.39 is 0 Å². The van der Waals surface area contributed by atoms with Gasteiger partial charge in [0.1, 0.15) is 18.1 Å². The van der Waals surface area contributed by atoms with Crippen LogP contribution in [0.4, 0.5) is 5.69 Å². The molecular weight excluding hydrogens is 428 g/mol. The molecule has 0 saturated carbocycles. The van der Waals surface area contributed by atoms with Crippen LogP contribution in [-0.2, 0) is 22.7 Å². The summed E-state index contributed by atoms with van der Waals surface area (Å²) < 4.78 is 7.55. The number of nitrogens with zero attached hydrogens (tertiary/aromatic N) is 3. The minimum absolute atomic E-state index is 0.0832. The Kier molecular flexibility index (Phi) is 6.92. The number of hydrogen-bond acceptors (Lipinski definition) is 4. The molecule has 0 aliphatic carbocycles. The van der Waals surface area contributed by atoms with Crippen LogP contribution in [0.15, 0.2) is 72.8 Å². The summed E-state index contributed by atoms with van der Waals surface area (Å²) in [4.78, 5) is 31.8. The fourth-order valence-corrected chi connectivity index (χ4v) is 3.71. The quantitative estimate of drug-likeness (QED) is 0.435. The number of carbonyl (C=O) groups is 2. The standard InChI is InChI=1S/C27H28N4O3/c1-19-13-14-20(2)24(15-19)34-18-26(32)28-16-25-29-22-11-7-8-12-23(22)31(25)17-27(33)30(3)21-9-5-4-6-10-21/h4-15H,16-18H2,1-3H3,(H,28,32). The van der Waals surface area contributed by atoms with Crippen molar-refractivity contribution >= 4 is 28.5 Å². The molecular formula is C27H28N4O3. The summed E-state index contributed by atoms with van der Waals surface area (Å²) >= 11 is 0. The van der Waals surface area contributed by atoms with Crippen molar-refractivity contribution in [2.24, 2.45) is 0 Å². The van der Waals surface area contributed by atoms with E-state index in [1.807, 2.05) is 91.2 Å². The Bertz CT molecular complexity index is 1310. The minimum atomic E-state index is -0.257. The predicted molar refractivity (Wildman–Crippen MR) is 133 cm³/mol. The van der Waals surface area contributed by atoms with Crippen LogP contribution < -0.4 is 15.0 Å². The molecule has 0 radical (unpaired) electrons. The summed E-state index contributed by atoms with van der Waals surface area (Å²) in [5, 5.41) is 2.87. The number of nitrogens with one attached hydrogen (secondary N) is 1. The molecule has 174 valence electrons. The zero-order valence-electron chi connectivity index (χ0n) is 19.6. The smallest absolute Gasteiger partial charge is 0.258 e. The Hall–Kier alpha value is -4.13. The fraction of sp³-hybridized carbons (Fsp3) is 0.222. The second kappa shape index (κ2) is 10.2. The number of fused-ring (bicyclic) bond motifs is 1. The normalized spacial score (nSPS) is 10.8. The van der Waals surface area contributed by atoms with Gasteiger partial charge < -0.3 is 19.5 Å². The van der Waals surface area contributed by atoms with Gasteiger partial charge in [-0.15, -0.1) is 0 Å². The van der Waals surface area contributed by atoms with Crippen molar-refractivity contribution in [2.75, 3.05) is 18.6 Å². The number of benzene rings is 3. The van der Waals surface area contributed by atoms with Gasteiger partial charge in [0.05, 0.1) is 17.6 Å². The number of para-hydroxylation sites is 3. The van der Waals surface area contributed by atoms with Crippen LogP contribution in [0, 0.1) is 13.8 Å². The van der Waals surface area contributed by atoms with Crippen LogP contribution in [0.1, 0.15) is 17.0 Å². The number of ether oxygens (including phenoxy) is 1. The van der Waals surface area contributed by atoms with Crippen LogP contribution >= 0.6 is 0 Å². The van der Waals surface area contributed by atoms with Crippen LogP contribution in [0.5, 0.6) is 5.75 Å². The van der Waals surface area contributed by atoms with E-state index >= 15 is 0 Å². The monoisotopic (exact) mass is 456 g/mol. The van der Waals surface area contributed by atoms with Crippen molar-refractivity contribution < 1.29 is 14.3 Å². The first-order valence-corrected chi connectivity index (χ1v) is 11.1. The van der Waals surface area contributed by atoms with Gasteiger partial charge in [-0.3, -0.25) is 9.59 Å². The number of carbonyl (C=O) groups excluding carboxylic acids is 2. The van der Waals surface area contributed by atoms with Crippen molar-refractivity contribution in [2.45, 2.75) is 26.9 Å². The maximum Gasteiger partial charge on any atom is 0.258 e. The van der Waals surface area contributed by atoms with E-state index in [1.165, 1.54) is 0 Å². The lowest BCUT2D eigenvalue weighted by Gasteiger charge is -2.19. The van der Waals surface area contributed by atoms with Crippen molar-refractivity contribution in [3.8, 4) is 5.75 Å². The molecule has 1 heterocycles. The van der Waals surface area contributed by atoms with Gasteiger partial charge in [-0.25, -0.2) is 4.98 Å². The largest absolute Gasteiger partial charge is 0.483 e. The summed E-state index contributed by atoms with van der Waals surface area (Å²) in [6, 6.07) is 23.0. The SMILES string of the molecule is Cc1ccc(C)c(OCC(=O)NCc2nc3ccccc3n2CC(=O)N(C)c2ccccc2)c1. The third-order valence-corrected chi connectivity index (χ3v) is 5.69. The molecule has 0 unspecified atom stereocenters. The molecule has 7 heteroatoms. The maximum atomic E-state index is 13.0. The highest BCUT2D eigenvalue weighted by molar-refractivity contribution is 5.93. The van der Waals surface area contributed by atoms with Crippen molar-refractivity contribution in [3.05, 3.63) is 89.7 Å². The molecule has 1 aromatic heterocycles. The molecule has 0 fully saturated rings. The molecule has 1 N–H and O–H groups in total. The first-order valence-electron chi connectivity index (χ1n) is 11.1. The first kappa shape index (κ1) is 23.0. The van der Waals surface area contributed by atoms with Gasteiger partial charge in [0, 0.05) is 12.7 Å². The second-order valence-electron chi connectivity index (χ2n) is 8.23.